The smallest absolute Gasteiger partial charge is 0.253 e. The molecule has 3 atom stereocenters. The van der Waals surface area contributed by atoms with Gasteiger partial charge < -0.3 is 29.0 Å². The monoisotopic (exact) mass is 483 g/mol. The minimum atomic E-state index is -0.758. The van der Waals surface area contributed by atoms with Crippen molar-refractivity contribution in [3.05, 3.63) is 36.4 Å². The number of para-hydroxylation sites is 2. The highest BCUT2D eigenvalue weighted by atomic mass is 16.7. The first-order valence-corrected chi connectivity index (χ1v) is 12.5. The molecule has 2 aromatic rings. The van der Waals surface area contributed by atoms with Gasteiger partial charge in [-0.25, -0.2) is 0 Å². The fourth-order valence-electron chi connectivity index (χ4n) is 3.85. The Balaban J connectivity index is 1.51. The highest BCUT2D eigenvalue weighted by Gasteiger charge is 2.49. The zero-order valence-electron chi connectivity index (χ0n) is 22.9. The molecule has 2 aromatic carbocycles. The van der Waals surface area contributed by atoms with Crippen LogP contribution in [0.15, 0.2) is 36.4 Å². The van der Waals surface area contributed by atoms with Gasteiger partial charge in [0.2, 0.25) is 5.75 Å². The third-order valence-electron chi connectivity index (χ3n) is 7.41. The Morgan fingerprint density at radius 1 is 0.771 bits per heavy atom. The maximum Gasteiger partial charge on any atom is 0.253 e. The van der Waals surface area contributed by atoms with Gasteiger partial charge in [0.25, 0.3) is 11.6 Å². The first-order valence-electron chi connectivity index (χ1n) is 12.5. The van der Waals surface area contributed by atoms with Gasteiger partial charge in [-0.1, -0.05) is 67.5 Å². The zero-order chi connectivity index (χ0) is 25.8. The van der Waals surface area contributed by atoms with E-state index in [4.69, 9.17) is 23.7 Å². The van der Waals surface area contributed by atoms with E-state index < -0.39 is 11.6 Å². The van der Waals surface area contributed by atoms with Crippen LogP contribution in [-0.2, 0) is 0 Å². The van der Waals surface area contributed by atoms with E-state index in [1.807, 2.05) is 50.2 Å². The maximum atomic E-state index is 6.39. The molecule has 0 saturated heterocycles. The van der Waals surface area contributed by atoms with Gasteiger partial charge in [0.15, 0.2) is 23.0 Å². The summed E-state index contributed by atoms with van der Waals surface area (Å²) in [6.07, 6.45) is 0. The maximum absolute atomic E-state index is 6.39. The first-order chi connectivity index (χ1) is 16.1. The van der Waals surface area contributed by atoms with Gasteiger partial charge in [-0.05, 0) is 30.2 Å². The lowest BCUT2D eigenvalue weighted by atomic mass is 9.87. The summed E-state index contributed by atoms with van der Waals surface area (Å²) in [5.74, 6) is 2.35. The van der Waals surface area contributed by atoms with E-state index in [1.54, 1.807) is 0 Å². The minimum Gasteiger partial charge on any atom is -0.487 e. The SMILES string of the molecule is CC(C)[C@@H](COc1cccc2c1O[C@@](C)(C(C)(C)C)O2)Nc1cccc2c1O[C@@](C)(C(C)(C)C)O2. The number of anilines is 1. The largest absolute Gasteiger partial charge is 0.487 e. The summed E-state index contributed by atoms with van der Waals surface area (Å²) in [6.45, 7) is 21.4. The number of hydrogen-bond donors (Lipinski definition) is 1. The standard InChI is InChI=1S/C29H41NO5/c1-18(2)20(30-19-13-11-15-22-24(19)34-28(9,32-22)26(3,4)5)17-31-21-14-12-16-23-25(21)35-29(10,33-23)27(6,7)8/h11-16,18,20,30H,17H2,1-10H3/t20-,28+,29+/m1/s1. The van der Waals surface area contributed by atoms with Crippen molar-refractivity contribution < 1.29 is 23.7 Å². The third-order valence-corrected chi connectivity index (χ3v) is 7.41. The van der Waals surface area contributed by atoms with Crippen molar-refractivity contribution >= 4 is 5.69 Å². The van der Waals surface area contributed by atoms with Crippen molar-refractivity contribution in [2.24, 2.45) is 16.7 Å². The van der Waals surface area contributed by atoms with Gasteiger partial charge >= 0.3 is 0 Å². The highest BCUT2D eigenvalue weighted by molar-refractivity contribution is 5.65. The van der Waals surface area contributed by atoms with Gasteiger partial charge in [0.1, 0.15) is 6.61 Å². The molecule has 4 rings (SSSR count). The number of fused-ring (bicyclic) bond motifs is 2. The molecule has 0 aliphatic carbocycles. The molecule has 6 heteroatoms. The summed E-state index contributed by atoms with van der Waals surface area (Å²) in [6, 6.07) is 11.8. The first kappa shape index (κ1) is 25.3. The summed E-state index contributed by atoms with van der Waals surface area (Å²) in [7, 11) is 0. The Hall–Kier alpha value is -2.76. The summed E-state index contributed by atoms with van der Waals surface area (Å²) in [5.41, 5.74) is 0.500. The zero-order valence-corrected chi connectivity index (χ0v) is 22.9. The van der Waals surface area contributed by atoms with Crippen molar-refractivity contribution in [3.63, 3.8) is 0 Å². The number of nitrogens with one attached hydrogen (secondary N) is 1. The topological polar surface area (TPSA) is 58.2 Å². The van der Waals surface area contributed by atoms with Crippen molar-refractivity contribution in [3.8, 4) is 28.7 Å². The van der Waals surface area contributed by atoms with Gasteiger partial charge in [-0.3, -0.25) is 0 Å². The van der Waals surface area contributed by atoms with Crippen LogP contribution >= 0.6 is 0 Å². The Morgan fingerprint density at radius 3 is 1.83 bits per heavy atom. The van der Waals surface area contributed by atoms with E-state index in [9.17, 15) is 0 Å². The second-order valence-corrected chi connectivity index (χ2v) is 12.3. The molecule has 2 aliphatic heterocycles. The Kier molecular flexibility index (Phi) is 6.10. The second-order valence-electron chi connectivity index (χ2n) is 12.3. The molecular weight excluding hydrogens is 442 g/mol. The van der Waals surface area contributed by atoms with E-state index in [0.29, 0.717) is 29.8 Å². The lowest BCUT2D eigenvalue weighted by Gasteiger charge is -2.36. The average Bonchev–Trinajstić information content (AvgIpc) is 3.28. The predicted molar refractivity (Wildman–Crippen MR) is 139 cm³/mol. The van der Waals surface area contributed by atoms with Crippen LogP contribution in [0.1, 0.15) is 69.2 Å². The second kappa shape index (κ2) is 8.42. The van der Waals surface area contributed by atoms with Crippen LogP contribution in [-0.4, -0.2) is 24.2 Å². The fourth-order valence-corrected chi connectivity index (χ4v) is 3.85. The molecule has 2 aliphatic rings. The predicted octanol–water partition coefficient (Wildman–Crippen LogP) is 7.27. The van der Waals surface area contributed by atoms with Gasteiger partial charge in [-0.2, -0.15) is 0 Å². The normalized spacial score (nSPS) is 24.0. The van der Waals surface area contributed by atoms with Crippen LogP contribution in [0.25, 0.3) is 0 Å². The summed E-state index contributed by atoms with van der Waals surface area (Å²) >= 11 is 0. The molecule has 0 fully saturated rings. The number of rotatable bonds is 6. The summed E-state index contributed by atoms with van der Waals surface area (Å²) in [4.78, 5) is 0. The molecule has 192 valence electrons. The molecule has 0 saturated carbocycles. The van der Waals surface area contributed by atoms with Crippen molar-refractivity contribution in [1.82, 2.24) is 0 Å². The van der Waals surface area contributed by atoms with Crippen molar-refractivity contribution in [1.29, 1.82) is 0 Å². The number of ether oxygens (including phenoxy) is 5. The third kappa shape index (κ3) is 4.60. The molecule has 0 amide bonds. The molecule has 6 nitrogen and oxygen atoms in total. The Labute approximate surface area is 210 Å². The van der Waals surface area contributed by atoms with Crippen LogP contribution < -0.4 is 29.0 Å². The number of hydrogen-bond acceptors (Lipinski definition) is 6. The number of benzene rings is 2. The summed E-state index contributed by atoms with van der Waals surface area (Å²) < 4.78 is 31.5. The van der Waals surface area contributed by atoms with E-state index >= 15 is 0 Å². The molecule has 0 unspecified atom stereocenters. The van der Waals surface area contributed by atoms with E-state index in [2.05, 4.69) is 60.7 Å². The molecule has 0 spiro atoms. The average molecular weight is 484 g/mol. The van der Waals surface area contributed by atoms with Crippen LogP contribution in [0.2, 0.25) is 0 Å². The summed E-state index contributed by atoms with van der Waals surface area (Å²) in [5, 5.41) is 3.64. The van der Waals surface area contributed by atoms with Crippen LogP contribution in [0, 0.1) is 16.7 Å². The van der Waals surface area contributed by atoms with E-state index in [-0.39, 0.29) is 16.9 Å². The molecule has 0 aromatic heterocycles. The molecule has 35 heavy (non-hydrogen) atoms. The quantitative estimate of drug-likeness (QED) is 0.466. The fraction of sp³-hybridized carbons (Fsp3) is 0.586. The highest BCUT2D eigenvalue weighted by Crippen LogP contribution is 2.52. The molecular formula is C29H41NO5. The molecule has 0 bridgehead atoms. The van der Waals surface area contributed by atoms with Crippen LogP contribution in [0.5, 0.6) is 28.7 Å². The lowest BCUT2D eigenvalue weighted by molar-refractivity contribution is -0.143. The lowest BCUT2D eigenvalue weighted by Crippen LogP contribution is -2.47. The minimum absolute atomic E-state index is 0.0266. The molecule has 0 radical (unpaired) electrons. The van der Waals surface area contributed by atoms with E-state index in [1.165, 1.54) is 0 Å². The van der Waals surface area contributed by atoms with Crippen molar-refractivity contribution in [2.75, 3.05) is 11.9 Å². The van der Waals surface area contributed by atoms with Crippen molar-refractivity contribution in [2.45, 2.75) is 86.9 Å². The van der Waals surface area contributed by atoms with E-state index in [0.717, 1.165) is 17.2 Å². The van der Waals surface area contributed by atoms with Gasteiger partial charge in [0, 0.05) is 24.7 Å². The molecule has 2 heterocycles. The van der Waals surface area contributed by atoms with Crippen LogP contribution in [0.4, 0.5) is 5.69 Å². The Bertz CT molecular complexity index is 1080. The van der Waals surface area contributed by atoms with Crippen LogP contribution in [0.3, 0.4) is 0 Å². The van der Waals surface area contributed by atoms with Gasteiger partial charge in [0.05, 0.1) is 11.7 Å². The molecule has 1 N–H and O–H groups in total. The Morgan fingerprint density at radius 2 is 1.29 bits per heavy atom. The van der Waals surface area contributed by atoms with Gasteiger partial charge in [-0.15, -0.1) is 0 Å².